The van der Waals surface area contributed by atoms with Crippen LogP contribution in [0.4, 0.5) is 20.2 Å². The number of carbonyl (C=O) groups excluding carboxylic acids is 1. The number of Topliss-reactive ketones (excluding diaryl/α,β-unsaturated/α-hetero) is 1. The van der Waals surface area contributed by atoms with Crippen LogP contribution in [-0.4, -0.2) is 93.2 Å². The highest BCUT2D eigenvalue weighted by molar-refractivity contribution is 5.89. The summed E-state index contributed by atoms with van der Waals surface area (Å²) in [6.07, 6.45) is 0. The molecule has 0 amide bonds. The molecule has 0 saturated carbocycles. The molecule has 6 rings (SSSR count). The van der Waals surface area contributed by atoms with E-state index >= 15 is 0 Å². The molecule has 0 spiro atoms. The third kappa shape index (κ3) is 9.05. The van der Waals surface area contributed by atoms with Crippen molar-refractivity contribution in [1.29, 1.82) is 0 Å². The van der Waals surface area contributed by atoms with Crippen molar-refractivity contribution < 1.29 is 23.0 Å². The van der Waals surface area contributed by atoms with E-state index in [0.717, 1.165) is 48.7 Å². The maximum atomic E-state index is 14.8. The largest absolute Gasteiger partial charge is 0.375 e. The first-order chi connectivity index (χ1) is 23.5. The van der Waals surface area contributed by atoms with E-state index in [4.69, 9.17) is 9.47 Å². The topological polar surface area (TPSA) is 48.5 Å². The molecule has 48 heavy (non-hydrogen) atoms. The maximum Gasteiger partial charge on any atom is 0.171 e. The summed E-state index contributed by atoms with van der Waals surface area (Å²) in [6, 6.07) is 32.3. The number of rotatable bonds is 14. The molecule has 0 aliphatic carbocycles. The van der Waals surface area contributed by atoms with Crippen LogP contribution < -0.4 is 9.80 Å². The molecule has 0 bridgehead atoms. The van der Waals surface area contributed by atoms with E-state index in [-0.39, 0.29) is 30.6 Å². The van der Waals surface area contributed by atoms with Gasteiger partial charge in [0.25, 0.3) is 0 Å². The Kier molecular flexibility index (Phi) is 11.8. The van der Waals surface area contributed by atoms with Crippen molar-refractivity contribution in [2.75, 3.05) is 75.4 Å². The van der Waals surface area contributed by atoms with Gasteiger partial charge in [0.2, 0.25) is 0 Å². The number of carbonyl (C=O) groups is 1. The van der Waals surface area contributed by atoms with Gasteiger partial charge >= 0.3 is 0 Å². The molecule has 2 unspecified atom stereocenters. The van der Waals surface area contributed by atoms with E-state index < -0.39 is 12.1 Å². The second kappa shape index (κ2) is 16.8. The van der Waals surface area contributed by atoms with Crippen molar-refractivity contribution in [2.45, 2.75) is 25.3 Å². The molecule has 2 aliphatic heterocycles. The minimum Gasteiger partial charge on any atom is -0.375 e. The molecule has 2 fully saturated rings. The van der Waals surface area contributed by atoms with Gasteiger partial charge in [0, 0.05) is 63.7 Å². The van der Waals surface area contributed by atoms with Gasteiger partial charge in [-0.3, -0.25) is 14.6 Å². The zero-order chi connectivity index (χ0) is 33.1. The molecular formula is C39H44F2N4O3. The molecule has 0 N–H and O–H groups in total. The van der Waals surface area contributed by atoms with Crippen molar-refractivity contribution in [3.63, 3.8) is 0 Å². The maximum absolute atomic E-state index is 14.8. The average molecular weight is 655 g/mol. The van der Waals surface area contributed by atoms with Gasteiger partial charge in [-0.25, -0.2) is 8.78 Å². The summed E-state index contributed by atoms with van der Waals surface area (Å²) in [5, 5.41) is 0. The SMILES string of the molecule is O=C(C(COCc1ccccc1)N1CCN(c2ccc(F)cc2)CC1)C(COCc1ccccc1)N1CCN(c2ccc(F)cc2)CC1. The van der Waals surface area contributed by atoms with E-state index in [1.807, 2.05) is 84.9 Å². The van der Waals surface area contributed by atoms with Crippen LogP contribution in [0.5, 0.6) is 0 Å². The summed E-state index contributed by atoms with van der Waals surface area (Å²) in [4.78, 5) is 23.7. The van der Waals surface area contributed by atoms with Gasteiger partial charge in [0.05, 0.1) is 38.5 Å². The second-order valence-electron chi connectivity index (χ2n) is 12.4. The van der Waals surface area contributed by atoms with E-state index in [9.17, 15) is 13.6 Å². The minimum atomic E-state index is -0.454. The summed E-state index contributed by atoms with van der Waals surface area (Å²) >= 11 is 0. The highest BCUT2D eigenvalue weighted by Crippen LogP contribution is 2.22. The molecule has 4 aromatic carbocycles. The Balaban J connectivity index is 1.17. The molecule has 4 aromatic rings. The number of ketones is 1. The minimum absolute atomic E-state index is 0.0987. The van der Waals surface area contributed by atoms with Crippen LogP contribution in [0.25, 0.3) is 0 Å². The lowest BCUT2D eigenvalue weighted by molar-refractivity contribution is -0.135. The van der Waals surface area contributed by atoms with E-state index in [1.165, 1.54) is 24.3 Å². The Labute approximate surface area is 282 Å². The van der Waals surface area contributed by atoms with Gasteiger partial charge in [0.15, 0.2) is 5.78 Å². The lowest BCUT2D eigenvalue weighted by atomic mass is 10.0. The zero-order valence-corrected chi connectivity index (χ0v) is 27.3. The first kappa shape index (κ1) is 33.7. The number of hydrogen-bond donors (Lipinski definition) is 0. The van der Waals surface area contributed by atoms with Crippen LogP contribution in [0.3, 0.4) is 0 Å². The summed E-state index contributed by atoms with van der Waals surface area (Å²) in [6.45, 7) is 6.99. The first-order valence-electron chi connectivity index (χ1n) is 16.8. The van der Waals surface area contributed by atoms with Gasteiger partial charge in [-0.2, -0.15) is 0 Å². The Bertz CT molecular complexity index is 1430. The number of ether oxygens (including phenoxy) is 2. The summed E-state index contributed by atoms with van der Waals surface area (Å²) in [5.41, 5.74) is 4.07. The Morgan fingerprint density at radius 3 is 1.23 bits per heavy atom. The highest BCUT2D eigenvalue weighted by Gasteiger charge is 2.37. The lowest BCUT2D eigenvalue weighted by Crippen LogP contribution is -2.61. The molecule has 2 aliphatic rings. The monoisotopic (exact) mass is 654 g/mol. The van der Waals surface area contributed by atoms with Crippen LogP contribution in [0, 0.1) is 11.6 Å². The number of benzene rings is 4. The van der Waals surface area contributed by atoms with Crippen LogP contribution in [0.2, 0.25) is 0 Å². The van der Waals surface area contributed by atoms with Crippen LogP contribution in [0.1, 0.15) is 11.1 Å². The van der Waals surface area contributed by atoms with Gasteiger partial charge in [-0.05, 0) is 59.7 Å². The van der Waals surface area contributed by atoms with Crippen LogP contribution in [0.15, 0.2) is 109 Å². The Morgan fingerprint density at radius 1 is 0.521 bits per heavy atom. The molecule has 252 valence electrons. The smallest absolute Gasteiger partial charge is 0.171 e. The number of nitrogens with zero attached hydrogens (tertiary/aromatic N) is 4. The zero-order valence-electron chi connectivity index (χ0n) is 27.3. The van der Waals surface area contributed by atoms with E-state index in [1.54, 1.807) is 0 Å². The summed E-state index contributed by atoms with van der Waals surface area (Å²) in [7, 11) is 0. The predicted molar refractivity (Wildman–Crippen MR) is 185 cm³/mol. The molecule has 9 heteroatoms. The van der Waals surface area contributed by atoms with Gasteiger partial charge < -0.3 is 19.3 Å². The van der Waals surface area contributed by atoms with Crippen molar-refractivity contribution in [3.05, 3.63) is 132 Å². The van der Waals surface area contributed by atoms with Gasteiger partial charge in [-0.15, -0.1) is 0 Å². The highest BCUT2D eigenvalue weighted by atomic mass is 19.1. The third-order valence-electron chi connectivity index (χ3n) is 9.33. The standard InChI is InChI=1S/C39H44F2N4O3/c40-33-11-15-35(16-12-33)42-19-23-44(24-20-42)37(29-47-27-31-7-3-1-4-8-31)39(46)38(30-48-28-32-9-5-2-6-10-32)45-25-21-43(22-26-45)36-17-13-34(41)14-18-36/h1-18,37-38H,19-30H2. The fourth-order valence-corrected chi connectivity index (χ4v) is 6.57. The molecular weight excluding hydrogens is 610 g/mol. The van der Waals surface area contributed by atoms with Gasteiger partial charge in [0.1, 0.15) is 11.6 Å². The van der Waals surface area contributed by atoms with E-state index in [2.05, 4.69) is 19.6 Å². The molecule has 7 nitrogen and oxygen atoms in total. The summed E-state index contributed by atoms with van der Waals surface area (Å²) < 4.78 is 39.7. The fourth-order valence-electron chi connectivity index (χ4n) is 6.57. The van der Waals surface area contributed by atoms with Crippen LogP contribution in [-0.2, 0) is 27.5 Å². The number of hydrogen-bond acceptors (Lipinski definition) is 7. The Morgan fingerprint density at radius 2 is 0.875 bits per heavy atom. The molecule has 0 radical (unpaired) electrons. The second-order valence-corrected chi connectivity index (χ2v) is 12.4. The normalized spacial score (nSPS) is 17.3. The number of anilines is 2. The van der Waals surface area contributed by atoms with Crippen molar-refractivity contribution in [1.82, 2.24) is 9.80 Å². The molecule has 2 heterocycles. The van der Waals surface area contributed by atoms with Crippen molar-refractivity contribution in [2.24, 2.45) is 0 Å². The molecule has 2 saturated heterocycles. The first-order valence-corrected chi connectivity index (χ1v) is 16.8. The van der Waals surface area contributed by atoms with Crippen molar-refractivity contribution in [3.8, 4) is 0 Å². The summed E-state index contributed by atoms with van der Waals surface area (Å²) in [5.74, 6) is -0.406. The lowest BCUT2D eigenvalue weighted by Gasteiger charge is -2.43. The Hall–Kier alpha value is -4.15. The fraction of sp³-hybridized carbons (Fsp3) is 0.359. The number of piperazine rings is 2. The van der Waals surface area contributed by atoms with Crippen LogP contribution >= 0.6 is 0 Å². The van der Waals surface area contributed by atoms with Crippen molar-refractivity contribution >= 4 is 17.2 Å². The number of halogens is 2. The quantitative estimate of drug-likeness (QED) is 0.174. The molecule has 0 aromatic heterocycles. The van der Waals surface area contributed by atoms with Gasteiger partial charge in [-0.1, -0.05) is 60.7 Å². The predicted octanol–water partition coefficient (Wildman–Crippen LogP) is 5.65. The molecule has 2 atom stereocenters. The van der Waals surface area contributed by atoms with E-state index in [0.29, 0.717) is 39.4 Å². The average Bonchev–Trinajstić information content (AvgIpc) is 3.14. The third-order valence-corrected chi connectivity index (χ3v) is 9.33.